The molecule has 0 aliphatic carbocycles. The van der Waals surface area contributed by atoms with E-state index in [0.717, 1.165) is 11.1 Å². The third-order valence-corrected chi connectivity index (χ3v) is 6.09. The first-order valence-electron chi connectivity index (χ1n) is 8.98. The molecule has 3 aromatic rings. The van der Waals surface area contributed by atoms with Gasteiger partial charge in [0.2, 0.25) is 0 Å². The topological polar surface area (TPSA) is 75.3 Å². The van der Waals surface area contributed by atoms with E-state index in [1.807, 2.05) is 25.1 Å². The highest BCUT2D eigenvalue weighted by molar-refractivity contribution is 7.92. The Morgan fingerprint density at radius 2 is 1.69 bits per heavy atom. The second-order valence-corrected chi connectivity index (χ2v) is 8.83. The molecule has 0 bridgehead atoms. The van der Waals surface area contributed by atoms with Crippen LogP contribution in [0.3, 0.4) is 0 Å². The van der Waals surface area contributed by atoms with Gasteiger partial charge in [-0.2, -0.15) is 0 Å². The highest BCUT2D eigenvalue weighted by Gasteiger charge is 2.19. The zero-order valence-electron chi connectivity index (χ0n) is 16.1. The van der Waals surface area contributed by atoms with Gasteiger partial charge in [-0.25, -0.2) is 8.42 Å². The van der Waals surface area contributed by atoms with Crippen molar-refractivity contribution in [1.29, 1.82) is 0 Å². The number of anilines is 1. The summed E-state index contributed by atoms with van der Waals surface area (Å²) in [6, 6.07) is 18.8. The Hall–Kier alpha value is -2.83. The van der Waals surface area contributed by atoms with Crippen molar-refractivity contribution in [3.05, 3.63) is 94.0 Å². The number of hydrogen-bond acceptors (Lipinski definition) is 3. The summed E-state index contributed by atoms with van der Waals surface area (Å²) in [5.74, 6) is -0.351. The number of amides is 1. The molecule has 0 spiro atoms. The number of aryl methyl sites for hydroxylation is 2. The van der Waals surface area contributed by atoms with Crippen molar-refractivity contribution in [3.63, 3.8) is 0 Å². The van der Waals surface area contributed by atoms with Crippen LogP contribution in [0.4, 0.5) is 5.69 Å². The standard InChI is InChI=1S/C22H21ClN2O3S/c1-15-10-11-19(29(27,28)25-21-9-4-3-6-16(21)2)13-20(15)22(26)24-14-17-7-5-8-18(23)12-17/h3-13,25H,14H2,1-2H3,(H,24,26). The number of carbonyl (C=O) groups excluding carboxylic acids is 1. The first kappa shape index (κ1) is 20.9. The van der Waals surface area contributed by atoms with Crippen LogP contribution in [-0.2, 0) is 16.6 Å². The van der Waals surface area contributed by atoms with Gasteiger partial charge in [-0.3, -0.25) is 9.52 Å². The molecule has 2 N–H and O–H groups in total. The number of sulfonamides is 1. The summed E-state index contributed by atoms with van der Waals surface area (Å²) < 4.78 is 28.2. The quantitative estimate of drug-likeness (QED) is 0.598. The van der Waals surface area contributed by atoms with Crippen LogP contribution < -0.4 is 10.0 Å². The second-order valence-electron chi connectivity index (χ2n) is 6.71. The second kappa shape index (κ2) is 8.68. The molecule has 0 heterocycles. The van der Waals surface area contributed by atoms with Crippen LogP contribution in [-0.4, -0.2) is 14.3 Å². The van der Waals surface area contributed by atoms with Crippen LogP contribution in [0.15, 0.2) is 71.6 Å². The summed E-state index contributed by atoms with van der Waals surface area (Å²) in [5, 5.41) is 3.39. The first-order valence-corrected chi connectivity index (χ1v) is 10.8. The van der Waals surface area contributed by atoms with Gasteiger partial charge in [-0.15, -0.1) is 0 Å². The Bertz CT molecular complexity index is 1160. The highest BCUT2D eigenvalue weighted by Crippen LogP contribution is 2.21. The van der Waals surface area contributed by atoms with E-state index in [1.165, 1.54) is 12.1 Å². The van der Waals surface area contributed by atoms with Gasteiger partial charge >= 0.3 is 0 Å². The van der Waals surface area contributed by atoms with Crippen LogP contribution >= 0.6 is 11.6 Å². The summed E-state index contributed by atoms with van der Waals surface area (Å²) in [5.41, 5.74) is 3.15. The monoisotopic (exact) mass is 428 g/mol. The molecule has 0 fully saturated rings. The molecule has 1 amide bonds. The van der Waals surface area contributed by atoms with Crippen LogP contribution in [0.1, 0.15) is 27.0 Å². The van der Waals surface area contributed by atoms with E-state index in [4.69, 9.17) is 11.6 Å². The summed E-state index contributed by atoms with van der Waals surface area (Å²) >= 11 is 5.96. The molecule has 0 unspecified atom stereocenters. The molecule has 3 aromatic carbocycles. The van der Waals surface area contributed by atoms with Crippen molar-refractivity contribution < 1.29 is 13.2 Å². The molecule has 0 aromatic heterocycles. The lowest BCUT2D eigenvalue weighted by Crippen LogP contribution is -2.24. The molecule has 0 saturated heterocycles. The smallest absolute Gasteiger partial charge is 0.261 e. The fourth-order valence-electron chi connectivity index (χ4n) is 2.83. The Morgan fingerprint density at radius 1 is 0.931 bits per heavy atom. The predicted octanol–water partition coefficient (Wildman–Crippen LogP) is 4.69. The van der Waals surface area contributed by atoms with Crippen molar-refractivity contribution in [2.45, 2.75) is 25.3 Å². The van der Waals surface area contributed by atoms with Crippen molar-refractivity contribution in [3.8, 4) is 0 Å². The van der Waals surface area contributed by atoms with Gasteiger partial charge in [0.15, 0.2) is 0 Å². The number of rotatable bonds is 6. The maximum atomic E-state index is 12.8. The maximum absolute atomic E-state index is 12.8. The zero-order chi connectivity index (χ0) is 21.0. The van der Waals surface area contributed by atoms with E-state index in [9.17, 15) is 13.2 Å². The number of halogens is 1. The number of carbonyl (C=O) groups is 1. The van der Waals surface area contributed by atoms with Gasteiger partial charge < -0.3 is 5.32 Å². The lowest BCUT2D eigenvalue weighted by atomic mass is 10.1. The minimum Gasteiger partial charge on any atom is -0.348 e. The number of para-hydroxylation sites is 1. The fraction of sp³-hybridized carbons (Fsp3) is 0.136. The molecular weight excluding hydrogens is 408 g/mol. The summed E-state index contributed by atoms with van der Waals surface area (Å²) in [7, 11) is -3.83. The zero-order valence-corrected chi connectivity index (χ0v) is 17.6. The van der Waals surface area contributed by atoms with Gasteiger partial charge in [0.05, 0.1) is 10.6 Å². The van der Waals surface area contributed by atoms with Crippen LogP contribution in [0.25, 0.3) is 0 Å². The number of nitrogens with one attached hydrogen (secondary N) is 2. The SMILES string of the molecule is Cc1ccccc1NS(=O)(=O)c1ccc(C)c(C(=O)NCc2cccc(Cl)c2)c1. The molecule has 7 heteroatoms. The maximum Gasteiger partial charge on any atom is 0.261 e. The molecule has 5 nitrogen and oxygen atoms in total. The van der Waals surface area contributed by atoms with E-state index < -0.39 is 10.0 Å². The molecule has 0 aliphatic rings. The third kappa shape index (κ3) is 5.16. The van der Waals surface area contributed by atoms with E-state index in [-0.39, 0.29) is 17.3 Å². The number of hydrogen-bond donors (Lipinski definition) is 2. The molecule has 29 heavy (non-hydrogen) atoms. The van der Waals surface area contributed by atoms with E-state index >= 15 is 0 Å². The first-order chi connectivity index (χ1) is 13.8. The van der Waals surface area contributed by atoms with Crippen LogP contribution in [0.5, 0.6) is 0 Å². The van der Waals surface area contributed by atoms with Crippen molar-refractivity contribution in [1.82, 2.24) is 5.32 Å². The molecule has 3 rings (SSSR count). The average molecular weight is 429 g/mol. The van der Waals surface area contributed by atoms with Crippen LogP contribution in [0, 0.1) is 13.8 Å². The van der Waals surface area contributed by atoms with Gasteiger partial charge in [0, 0.05) is 17.1 Å². The molecule has 0 saturated carbocycles. The van der Waals surface area contributed by atoms with E-state index in [0.29, 0.717) is 21.8 Å². The Balaban J connectivity index is 1.81. The molecule has 0 atom stereocenters. The van der Waals surface area contributed by atoms with Gasteiger partial charge in [0.25, 0.3) is 15.9 Å². The largest absolute Gasteiger partial charge is 0.348 e. The van der Waals surface area contributed by atoms with Gasteiger partial charge in [-0.05, 0) is 60.9 Å². The van der Waals surface area contributed by atoms with Crippen LogP contribution in [0.2, 0.25) is 5.02 Å². The van der Waals surface area contributed by atoms with E-state index in [2.05, 4.69) is 10.0 Å². The minimum absolute atomic E-state index is 0.0271. The van der Waals surface area contributed by atoms with Gasteiger partial charge in [-0.1, -0.05) is 48.0 Å². The van der Waals surface area contributed by atoms with Crippen molar-refractivity contribution in [2.75, 3.05) is 4.72 Å². The average Bonchev–Trinajstić information content (AvgIpc) is 2.68. The summed E-state index contributed by atoms with van der Waals surface area (Å²) in [6.45, 7) is 3.87. The lowest BCUT2D eigenvalue weighted by Gasteiger charge is -2.13. The Labute approximate surface area is 175 Å². The highest BCUT2D eigenvalue weighted by atomic mass is 35.5. The Kier molecular flexibility index (Phi) is 6.25. The Morgan fingerprint density at radius 3 is 2.41 bits per heavy atom. The molecule has 0 aliphatic heterocycles. The summed E-state index contributed by atoms with van der Waals surface area (Å²) in [6.07, 6.45) is 0. The number of benzene rings is 3. The third-order valence-electron chi connectivity index (χ3n) is 4.50. The lowest BCUT2D eigenvalue weighted by molar-refractivity contribution is 0.0950. The van der Waals surface area contributed by atoms with Crippen molar-refractivity contribution in [2.24, 2.45) is 0 Å². The van der Waals surface area contributed by atoms with Gasteiger partial charge in [0.1, 0.15) is 0 Å². The fourth-order valence-corrected chi connectivity index (χ4v) is 4.20. The predicted molar refractivity (Wildman–Crippen MR) is 116 cm³/mol. The summed E-state index contributed by atoms with van der Waals surface area (Å²) in [4.78, 5) is 12.7. The molecule has 150 valence electrons. The minimum atomic E-state index is -3.83. The molecular formula is C22H21ClN2O3S. The molecule has 0 radical (unpaired) electrons. The van der Waals surface area contributed by atoms with E-state index in [1.54, 1.807) is 43.3 Å². The normalized spacial score (nSPS) is 11.1. The van der Waals surface area contributed by atoms with Crippen molar-refractivity contribution >= 4 is 33.2 Å².